The Kier molecular flexibility index (Phi) is 6.20. The number of carbonyl (C=O) groups is 3. The Bertz CT molecular complexity index is 925. The van der Waals surface area contributed by atoms with E-state index in [0.29, 0.717) is 13.1 Å². The number of nitrogens with one attached hydrogen (secondary N) is 2. The summed E-state index contributed by atoms with van der Waals surface area (Å²) in [6.45, 7) is 0.788. The van der Waals surface area contributed by atoms with Gasteiger partial charge in [0.05, 0.1) is 20.0 Å². The third-order valence-electron chi connectivity index (χ3n) is 4.66. The van der Waals surface area contributed by atoms with E-state index in [9.17, 15) is 14.4 Å². The molecule has 3 rings (SSSR count). The van der Waals surface area contributed by atoms with Gasteiger partial charge in [0, 0.05) is 13.1 Å². The number of rotatable bonds is 4. The second kappa shape index (κ2) is 8.79. The summed E-state index contributed by atoms with van der Waals surface area (Å²) in [6.07, 6.45) is 0.0187. The molecule has 2 amide bonds. The maximum absolute atomic E-state index is 12.6. The van der Waals surface area contributed by atoms with Crippen LogP contribution in [-0.2, 0) is 25.5 Å². The zero-order chi connectivity index (χ0) is 20.1. The van der Waals surface area contributed by atoms with E-state index in [1.54, 1.807) is 4.90 Å². The molecule has 2 aromatic carbocycles. The molecule has 0 aromatic heterocycles. The maximum Gasteiger partial charge on any atom is 0.308 e. The van der Waals surface area contributed by atoms with Gasteiger partial charge in [0.25, 0.3) is 0 Å². The molecule has 2 N–H and O–H groups in total. The minimum atomic E-state index is -0.799. The molecule has 1 fully saturated rings. The van der Waals surface area contributed by atoms with Crippen LogP contribution >= 0.6 is 12.2 Å². The third kappa shape index (κ3) is 4.45. The molecule has 1 atom stereocenters. The summed E-state index contributed by atoms with van der Waals surface area (Å²) in [5.41, 5.74) is 0.890. The number of fused-ring (bicyclic) bond motifs is 1. The van der Waals surface area contributed by atoms with Crippen molar-refractivity contribution in [3.8, 4) is 0 Å². The molecule has 1 aliphatic rings. The highest BCUT2D eigenvalue weighted by Crippen LogP contribution is 2.19. The Morgan fingerprint density at radius 3 is 2.79 bits per heavy atom. The van der Waals surface area contributed by atoms with Crippen LogP contribution in [0.25, 0.3) is 10.8 Å². The molecular formula is C20H21N3O4S. The monoisotopic (exact) mass is 399 g/mol. The van der Waals surface area contributed by atoms with Crippen molar-refractivity contribution >= 4 is 45.9 Å². The van der Waals surface area contributed by atoms with E-state index in [0.717, 1.165) is 16.3 Å². The molecule has 1 aliphatic heterocycles. The fourth-order valence-electron chi connectivity index (χ4n) is 3.26. The van der Waals surface area contributed by atoms with Crippen LogP contribution in [0.15, 0.2) is 42.5 Å². The molecule has 2 aromatic rings. The van der Waals surface area contributed by atoms with Gasteiger partial charge in [-0.3, -0.25) is 14.4 Å². The van der Waals surface area contributed by atoms with Gasteiger partial charge < -0.3 is 20.3 Å². The summed E-state index contributed by atoms with van der Waals surface area (Å²) < 4.78 is 4.65. The van der Waals surface area contributed by atoms with Crippen LogP contribution in [0.3, 0.4) is 0 Å². The largest absolute Gasteiger partial charge is 0.469 e. The van der Waals surface area contributed by atoms with Gasteiger partial charge in [-0.2, -0.15) is 0 Å². The first kappa shape index (κ1) is 19.8. The summed E-state index contributed by atoms with van der Waals surface area (Å²) in [4.78, 5) is 37.9. The highest BCUT2D eigenvalue weighted by Gasteiger charge is 2.34. The van der Waals surface area contributed by atoms with Gasteiger partial charge in [-0.1, -0.05) is 42.5 Å². The molecule has 8 heteroatoms. The van der Waals surface area contributed by atoms with Crippen LogP contribution in [0.5, 0.6) is 0 Å². The molecule has 0 saturated carbocycles. The fraction of sp³-hybridized carbons (Fsp3) is 0.300. The first-order valence-electron chi connectivity index (χ1n) is 8.91. The number of methoxy groups -OCH3 is 1. The second-order valence-electron chi connectivity index (χ2n) is 6.45. The number of esters is 1. The van der Waals surface area contributed by atoms with Crippen molar-refractivity contribution in [2.45, 2.75) is 18.9 Å². The number of piperazine rings is 1. The Morgan fingerprint density at radius 2 is 2.00 bits per heavy atom. The zero-order valence-electron chi connectivity index (χ0n) is 15.4. The number of ether oxygens (including phenoxy) is 1. The average Bonchev–Trinajstić information content (AvgIpc) is 2.69. The van der Waals surface area contributed by atoms with Gasteiger partial charge in [0.1, 0.15) is 6.04 Å². The van der Waals surface area contributed by atoms with Crippen LogP contribution < -0.4 is 10.6 Å². The van der Waals surface area contributed by atoms with Crippen LogP contribution in [-0.4, -0.2) is 54.0 Å². The van der Waals surface area contributed by atoms with Crippen molar-refractivity contribution in [2.75, 3.05) is 20.2 Å². The predicted molar refractivity (Wildman–Crippen MR) is 109 cm³/mol. The number of nitrogens with zero attached hydrogens (tertiary/aromatic N) is 1. The predicted octanol–water partition coefficient (Wildman–Crippen LogP) is 1.15. The molecule has 0 bridgehead atoms. The van der Waals surface area contributed by atoms with Crippen LogP contribution in [0.2, 0.25) is 0 Å². The first-order valence-corrected chi connectivity index (χ1v) is 9.32. The van der Waals surface area contributed by atoms with E-state index in [1.807, 2.05) is 42.5 Å². The SMILES string of the molecule is COC(=O)CC1C(=O)NCCN1C(=S)NC(=O)Cc1cccc2ccccc12. The topological polar surface area (TPSA) is 87.7 Å². The van der Waals surface area contributed by atoms with E-state index in [-0.39, 0.29) is 29.8 Å². The van der Waals surface area contributed by atoms with E-state index in [1.165, 1.54) is 7.11 Å². The molecule has 7 nitrogen and oxygen atoms in total. The second-order valence-corrected chi connectivity index (χ2v) is 6.84. The number of carbonyl (C=O) groups excluding carboxylic acids is 3. The number of amides is 2. The zero-order valence-corrected chi connectivity index (χ0v) is 16.3. The lowest BCUT2D eigenvalue weighted by molar-refractivity contribution is -0.144. The van der Waals surface area contributed by atoms with Gasteiger partial charge in [-0.15, -0.1) is 0 Å². The van der Waals surface area contributed by atoms with Crippen LogP contribution in [0.1, 0.15) is 12.0 Å². The summed E-state index contributed by atoms with van der Waals surface area (Å²) in [6, 6.07) is 12.8. The van der Waals surface area contributed by atoms with Crippen molar-refractivity contribution in [3.63, 3.8) is 0 Å². The molecular weight excluding hydrogens is 378 g/mol. The van der Waals surface area contributed by atoms with Crippen LogP contribution in [0.4, 0.5) is 0 Å². The van der Waals surface area contributed by atoms with Gasteiger partial charge in [0.2, 0.25) is 11.8 Å². The Morgan fingerprint density at radius 1 is 1.25 bits per heavy atom. The highest BCUT2D eigenvalue weighted by atomic mass is 32.1. The lowest BCUT2D eigenvalue weighted by Gasteiger charge is -2.36. The minimum Gasteiger partial charge on any atom is -0.469 e. The standard InChI is InChI=1S/C20H21N3O4S/c1-27-18(25)12-16-19(26)21-9-10-23(16)20(28)22-17(24)11-14-7-4-6-13-5-2-3-8-15(13)14/h2-8,16H,9-12H2,1H3,(H,21,26)(H,22,24,28). The fourth-order valence-corrected chi connectivity index (χ4v) is 3.59. The van der Waals surface area contributed by atoms with Gasteiger partial charge >= 0.3 is 5.97 Å². The third-order valence-corrected chi connectivity index (χ3v) is 4.99. The van der Waals surface area contributed by atoms with E-state index >= 15 is 0 Å². The number of hydrogen-bond acceptors (Lipinski definition) is 5. The minimum absolute atomic E-state index is 0.133. The quantitative estimate of drug-likeness (QED) is 0.592. The van der Waals surface area contributed by atoms with Crippen molar-refractivity contribution in [1.29, 1.82) is 0 Å². The summed E-state index contributed by atoms with van der Waals surface area (Å²) >= 11 is 5.34. The van der Waals surface area contributed by atoms with Gasteiger partial charge in [-0.25, -0.2) is 0 Å². The van der Waals surface area contributed by atoms with E-state index in [2.05, 4.69) is 15.4 Å². The van der Waals surface area contributed by atoms with E-state index in [4.69, 9.17) is 12.2 Å². The molecule has 1 saturated heterocycles. The normalized spacial score (nSPS) is 16.4. The van der Waals surface area contributed by atoms with Crippen molar-refractivity contribution in [2.24, 2.45) is 0 Å². The van der Waals surface area contributed by atoms with E-state index < -0.39 is 12.0 Å². The number of hydrogen-bond donors (Lipinski definition) is 2. The van der Waals surface area contributed by atoms with Gasteiger partial charge in [-0.05, 0) is 28.6 Å². The lowest BCUT2D eigenvalue weighted by atomic mass is 10.0. The molecule has 0 radical (unpaired) electrons. The summed E-state index contributed by atoms with van der Waals surface area (Å²) in [7, 11) is 1.26. The summed E-state index contributed by atoms with van der Waals surface area (Å²) in [5, 5.41) is 7.59. The average molecular weight is 399 g/mol. The lowest BCUT2D eigenvalue weighted by Crippen LogP contribution is -2.60. The number of thiocarbonyl (C=S) groups is 1. The Balaban J connectivity index is 1.69. The smallest absolute Gasteiger partial charge is 0.308 e. The molecule has 1 heterocycles. The Labute approximate surface area is 168 Å². The maximum atomic E-state index is 12.6. The first-order chi connectivity index (χ1) is 13.5. The number of benzene rings is 2. The molecule has 28 heavy (non-hydrogen) atoms. The molecule has 0 aliphatic carbocycles. The van der Waals surface area contributed by atoms with Gasteiger partial charge in [0.15, 0.2) is 5.11 Å². The van der Waals surface area contributed by atoms with Crippen molar-refractivity contribution in [3.05, 3.63) is 48.0 Å². The van der Waals surface area contributed by atoms with Crippen molar-refractivity contribution in [1.82, 2.24) is 15.5 Å². The van der Waals surface area contributed by atoms with Crippen molar-refractivity contribution < 1.29 is 19.1 Å². The summed E-state index contributed by atoms with van der Waals surface area (Å²) in [5.74, 6) is -1.11. The molecule has 1 unspecified atom stereocenters. The molecule has 146 valence electrons. The highest BCUT2D eigenvalue weighted by molar-refractivity contribution is 7.80. The Hall–Kier alpha value is -3.00. The molecule has 0 spiro atoms. The van der Waals surface area contributed by atoms with Crippen LogP contribution in [0, 0.1) is 0 Å².